The average molecular weight is 667 g/mol. The van der Waals surface area contributed by atoms with Crippen LogP contribution in [-0.2, 0) is 45.2 Å². The molecule has 6 nitrogen and oxygen atoms in total. The number of ether oxygens (including phenoxy) is 2. The quantitative estimate of drug-likeness (QED) is 0.0834. The number of aromatic nitrogens is 2. The number of ketones is 1. The predicted molar refractivity (Wildman–Crippen MR) is 180 cm³/mol. The molecule has 0 aliphatic heterocycles. The number of unbranched alkanes of at least 4 members (excludes halogenated alkanes) is 1. The molecule has 0 N–H and O–H groups in total. The Kier molecular flexibility index (Phi) is 13.1. The summed E-state index contributed by atoms with van der Waals surface area (Å²) in [6, 6.07) is 17.9. The smallest absolute Gasteiger partial charge is 0.416 e. The lowest BCUT2D eigenvalue weighted by Gasteiger charge is -2.13. The molecular formula is C37H41F3N2O4S. The summed E-state index contributed by atoms with van der Waals surface area (Å²) in [4.78, 5) is 17.8. The zero-order chi connectivity index (χ0) is 33.8. The molecule has 1 atom stereocenters. The Hall–Kier alpha value is -4.02. The molecule has 0 aliphatic rings. The Morgan fingerprint density at radius 3 is 2.34 bits per heavy atom. The zero-order valence-electron chi connectivity index (χ0n) is 27.0. The molecule has 3 aromatic carbocycles. The minimum absolute atomic E-state index is 0.00204. The van der Waals surface area contributed by atoms with Crippen LogP contribution in [0.1, 0.15) is 61.2 Å². The number of hydrogen-bond donors (Lipinski definition) is 0. The second-order valence-corrected chi connectivity index (χ2v) is 12.7. The monoisotopic (exact) mass is 666 g/mol. The number of nitrogens with zero attached hydrogens (tertiary/aromatic N) is 2. The molecule has 10 heteroatoms. The molecule has 0 bridgehead atoms. The van der Waals surface area contributed by atoms with Crippen molar-refractivity contribution in [3.8, 4) is 16.9 Å². The second-order valence-electron chi connectivity index (χ2n) is 11.2. The molecular weight excluding hydrogens is 625 g/mol. The molecule has 0 saturated carbocycles. The van der Waals surface area contributed by atoms with E-state index >= 15 is 0 Å². The molecule has 4 aromatic rings. The lowest BCUT2D eigenvalue weighted by molar-refractivity contribution is -0.137. The first-order valence-electron chi connectivity index (χ1n) is 15.8. The topological polar surface area (TPSA) is 70.4 Å². The van der Waals surface area contributed by atoms with Gasteiger partial charge in [0.1, 0.15) is 12.4 Å². The van der Waals surface area contributed by atoms with Crippen molar-refractivity contribution in [3.63, 3.8) is 0 Å². The Morgan fingerprint density at radius 2 is 1.66 bits per heavy atom. The molecule has 0 saturated heterocycles. The van der Waals surface area contributed by atoms with Gasteiger partial charge < -0.3 is 14.0 Å². The van der Waals surface area contributed by atoms with Crippen molar-refractivity contribution in [1.29, 1.82) is 0 Å². The van der Waals surface area contributed by atoms with Gasteiger partial charge in [-0.25, -0.2) is 4.98 Å². The van der Waals surface area contributed by atoms with Gasteiger partial charge in [0, 0.05) is 24.5 Å². The van der Waals surface area contributed by atoms with Gasteiger partial charge in [0.2, 0.25) is 0 Å². The molecule has 0 aliphatic carbocycles. The third kappa shape index (κ3) is 10.5. The number of alkyl halides is 3. The van der Waals surface area contributed by atoms with Gasteiger partial charge >= 0.3 is 6.18 Å². The Balaban J connectivity index is 1.40. The summed E-state index contributed by atoms with van der Waals surface area (Å²) < 4.78 is 67.8. The van der Waals surface area contributed by atoms with Gasteiger partial charge in [-0.15, -0.1) is 0 Å². The van der Waals surface area contributed by atoms with E-state index in [9.17, 15) is 22.2 Å². The maximum Gasteiger partial charge on any atom is 0.416 e. The fraction of sp³-hybridized carbons (Fsp3) is 0.351. The number of rotatable bonds is 17. The molecule has 0 amide bonds. The van der Waals surface area contributed by atoms with E-state index in [1.54, 1.807) is 54.9 Å². The maximum absolute atomic E-state index is 13.9. The van der Waals surface area contributed by atoms with Crippen molar-refractivity contribution >= 4 is 22.7 Å². The third-order valence-corrected chi connectivity index (χ3v) is 8.92. The highest BCUT2D eigenvalue weighted by Crippen LogP contribution is 2.35. The third-order valence-electron chi connectivity index (χ3n) is 7.58. The van der Waals surface area contributed by atoms with Crippen molar-refractivity contribution in [2.75, 3.05) is 19.8 Å². The van der Waals surface area contributed by atoms with Crippen LogP contribution in [0, 0.1) is 6.92 Å². The number of carbonyl (C=O) groups excluding carboxylic acids is 1. The number of imidazole rings is 1. The van der Waals surface area contributed by atoms with Crippen LogP contribution >= 0.6 is 0 Å². The number of benzene rings is 3. The fourth-order valence-electron chi connectivity index (χ4n) is 4.99. The molecule has 1 heterocycles. The molecule has 0 fully saturated rings. The highest BCUT2D eigenvalue weighted by atomic mass is 32.2. The number of aryl methyl sites for hydroxylation is 2. The van der Waals surface area contributed by atoms with Gasteiger partial charge in [-0.05, 0) is 84.5 Å². The van der Waals surface area contributed by atoms with Crippen molar-refractivity contribution in [3.05, 3.63) is 107 Å². The second kappa shape index (κ2) is 17.2. The number of halogens is 3. The van der Waals surface area contributed by atoms with E-state index in [1.165, 1.54) is 24.3 Å². The minimum Gasteiger partial charge on any atom is -0.491 e. The Labute approximate surface area is 277 Å². The van der Waals surface area contributed by atoms with E-state index in [-0.39, 0.29) is 17.8 Å². The SMILES string of the molecule is CCCCOCCOc1ccc(-c2ccc(C(F)(F)F)c(/C=C/C(=O)Cc3ccc([S@@](=O)Cc4c(C)ncn4CCC)cc3)c2)cc1. The molecule has 250 valence electrons. The van der Waals surface area contributed by atoms with E-state index in [0.29, 0.717) is 52.9 Å². The van der Waals surface area contributed by atoms with Crippen molar-refractivity contribution in [1.82, 2.24) is 9.55 Å². The maximum atomic E-state index is 13.9. The van der Waals surface area contributed by atoms with Crippen molar-refractivity contribution in [2.24, 2.45) is 0 Å². The van der Waals surface area contributed by atoms with E-state index in [1.807, 2.05) is 11.5 Å². The van der Waals surface area contributed by atoms with E-state index in [0.717, 1.165) is 43.3 Å². The van der Waals surface area contributed by atoms with Gasteiger partial charge in [-0.3, -0.25) is 9.00 Å². The predicted octanol–water partition coefficient (Wildman–Crippen LogP) is 8.62. The van der Waals surface area contributed by atoms with Crippen LogP contribution < -0.4 is 4.74 Å². The molecule has 0 spiro atoms. The van der Waals surface area contributed by atoms with Crippen molar-refractivity contribution < 1.29 is 31.6 Å². The normalized spacial score (nSPS) is 12.5. The first kappa shape index (κ1) is 35.8. The van der Waals surface area contributed by atoms with Crippen LogP contribution in [-0.4, -0.2) is 39.4 Å². The summed E-state index contributed by atoms with van der Waals surface area (Å²) in [5.41, 5.74) is 2.83. The molecule has 1 aromatic heterocycles. The number of allylic oxidation sites excluding steroid dienone is 1. The van der Waals surface area contributed by atoms with Crippen LogP contribution in [0.25, 0.3) is 17.2 Å². The zero-order valence-corrected chi connectivity index (χ0v) is 27.8. The highest BCUT2D eigenvalue weighted by Gasteiger charge is 2.32. The Morgan fingerprint density at radius 1 is 0.936 bits per heavy atom. The van der Waals surface area contributed by atoms with Crippen LogP contribution in [0.15, 0.2) is 84.0 Å². The first-order chi connectivity index (χ1) is 22.6. The van der Waals surface area contributed by atoms with Crippen LogP contribution in [0.3, 0.4) is 0 Å². The summed E-state index contributed by atoms with van der Waals surface area (Å²) in [5.74, 6) is 0.621. The lowest BCUT2D eigenvalue weighted by atomic mass is 9.98. The molecule has 0 radical (unpaired) electrons. The van der Waals surface area contributed by atoms with Gasteiger partial charge in [0.05, 0.1) is 46.4 Å². The van der Waals surface area contributed by atoms with Crippen LogP contribution in [0.4, 0.5) is 13.2 Å². The summed E-state index contributed by atoms with van der Waals surface area (Å²) in [5, 5.41) is 0. The van der Waals surface area contributed by atoms with Crippen LogP contribution in [0.2, 0.25) is 0 Å². The van der Waals surface area contributed by atoms with Crippen LogP contribution in [0.5, 0.6) is 5.75 Å². The van der Waals surface area contributed by atoms with Gasteiger partial charge in [0.15, 0.2) is 5.78 Å². The lowest BCUT2D eigenvalue weighted by Crippen LogP contribution is -2.08. The number of carbonyl (C=O) groups is 1. The Bertz CT molecular complexity index is 1660. The summed E-state index contributed by atoms with van der Waals surface area (Å²) >= 11 is 0. The first-order valence-corrected chi connectivity index (χ1v) is 17.1. The van der Waals surface area contributed by atoms with Gasteiger partial charge in [-0.1, -0.05) is 56.7 Å². The molecule has 47 heavy (non-hydrogen) atoms. The van der Waals surface area contributed by atoms with Gasteiger partial charge in [0.25, 0.3) is 0 Å². The summed E-state index contributed by atoms with van der Waals surface area (Å²) in [6.45, 7) is 8.44. The fourth-order valence-corrected chi connectivity index (χ4v) is 6.22. The van der Waals surface area contributed by atoms with E-state index < -0.39 is 22.5 Å². The summed E-state index contributed by atoms with van der Waals surface area (Å²) in [6.07, 6.45) is 2.58. The van der Waals surface area contributed by atoms with E-state index in [2.05, 4.69) is 18.8 Å². The summed E-state index contributed by atoms with van der Waals surface area (Å²) in [7, 11) is -1.30. The largest absolute Gasteiger partial charge is 0.491 e. The van der Waals surface area contributed by atoms with Crippen molar-refractivity contribution in [2.45, 2.75) is 69.8 Å². The average Bonchev–Trinajstić information content (AvgIpc) is 3.39. The number of hydrogen-bond acceptors (Lipinski definition) is 5. The molecule has 0 unspecified atom stereocenters. The highest BCUT2D eigenvalue weighted by molar-refractivity contribution is 7.84. The minimum atomic E-state index is -4.59. The van der Waals surface area contributed by atoms with Gasteiger partial charge in [-0.2, -0.15) is 13.2 Å². The molecule has 4 rings (SSSR count). The van der Waals surface area contributed by atoms with E-state index in [4.69, 9.17) is 9.47 Å². The standard InChI is InChI=1S/C37H41F3N2O4S/c1-4-6-20-45-21-22-46-33-14-10-29(11-15-33)30-12-18-35(37(38,39)40)31(24-30)9-13-32(43)23-28-7-16-34(17-8-28)47(44)25-36-27(3)41-26-42(36)19-5-2/h7-18,24,26H,4-6,19-23,25H2,1-3H3/b13-9+/t47-/m0/s1.